The fourth-order valence-corrected chi connectivity index (χ4v) is 3.61. The molecule has 1 aliphatic rings. The summed E-state index contributed by atoms with van der Waals surface area (Å²) in [6, 6.07) is 8.97. The summed E-state index contributed by atoms with van der Waals surface area (Å²) < 4.78 is 0.476. The van der Waals surface area contributed by atoms with E-state index in [-0.39, 0.29) is 0 Å². The number of hydrogen-bond acceptors (Lipinski definition) is 2. The molecule has 1 fully saturated rings. The number of benzene rings is 1. The van der Waals surface area contributed by atoms with Crippen LogP contribution in [0.5, 0.6) is 0 Å². The minimum absolute atomic E-state index is 0.476. The molecule has 1 aromatic rings. The van der Waals surface area contributed by atoms with Gasteiger partial charge < -0.3 is 5.32 Å². The Hall–Kier alpha value is -0.470. The molecule has 17 heavy (non-hydrogen) atoms. The minimum Gasteiger partial charge on any atom is -0.311 e. The molecule has 1 N–H and O–H groups in total. The molecule has 0 radical (unpaired) electrons. The van der Waals surface area contributed by atoms with E-state index in [4.69, 9.17) is 0 Å². The normalized spacial score (nSPS) is 24.1. The van der Waals surface area contributed by atoms with Gasteiger partial charge in [0.15, 0.2) is 0 Å². The summed E-state index contributed by atoms with van der Waals surface area (Å²) in [5, 5.41) is 3.60. The molecule has 1 aromatic carbocycles. The maximum Gasteiger partial charge on any atom is 0.0256 e. The standard InChI is InChI=1S/C15H23NS/c1-3-13-5-7-14(8-6-13)11-16-12-15(2)9-4-10-17-15/h5-8,16H,3-4,9-12H2,1-2H3. The van der Waals surface area contributed by atoms with Crippen LogP contribution < -0.4 is 5.32 Å². The summed E-state index contributed by atoms with van der Waals surface area (Å²) in [6.07, 6.45) is 3.87. The summed E-state index contributed by atoms with van der Waals surface area (Å²) >= 11 is 2.12. The van der Waals surface area contributed by atoms with Crippen LogP contribution in [0.25, 0.3) is 0 Å². The van der Waals surface area contributed by atoms with Crippen LogP contribution in [0.15, 0.2) is 24.3 Å². The lowest BCUT2D eigenvalue weighted by molar-refractivity contribution is 0.537. The van der Waals surface area contributed by atoms with Crippen LogP contribution in [0.4, 0.5) is 0 Å². The lowest BCUT2D eigenvalue weighted by Crippen LogP contribution is -2.32. The molecule has 0 spiro atoms. The Morgan fingerprint density at radius 3 is 2.53 bits per heavy atom. The van der Waals surface area contributed by atoms with E-state index in [0.717, 1.165) is 19.5 Å². The van der Waals surface area contributed by atoms with Gasteiger partial charge in [-0.3, -0.25) is 0 Å². The zero-order valence-electron chi connectivity index (χ0n) is 11.0. The van der Waals surface area contributed by atoms with Gasteiger partial charge in [0.2, 0.25) is 0 Å². The Morgan fingerprint density at radius 2 is 1.94 bits per heavy atom. The molecule has 0 aromatic heterocycles. The van der Waals surface area contributed by atoms with E-state index in [9.17, 15) is 0 Å². The van der Waals surface area contributed by atoms with Crippen molar-refractivity contribution in [3.63, 3.8) is 0 Å². The SMILES string of the molecule is CCc1ccc(CNCC2(C)CCCS2)cc1. The van der Waals surface area contributed by atoms with Crippen LogP contribution in [0.1, 0.15) is 37.8 Å². The first-order valence-electron chi connectivity index (χ1n) is 6.64. The van der Waals surface area contributed by atoms with Gasteiger partial charge in [-0.1, -0.05) is 31.2 Å². The molecule has 1 nitrogen and oxygen atoms in total. The van der Waals surface area contributed by atoms with Crippen molar-refractivity contribution in [1.29, 1.82) is 0 Å². The van der Waals surface area contributed by atoms with E-state index in [1.165, 1.54) is 29.7 Å². The molecule has 2 heteroatoms. The summed E-state index contributed by atoms with van der Waals surface area (Å²) in [5.41, 5.74) is 2.82. The highest BCUT2D eigenvalue weighted by atomic mass is 32.2. The average Bonchev–Trinajstić information content (AvgIpc) is 2.77. The van der Waals surface area contributed by atoms with Crippen LogP contribution >= 0.6 is 11.8 Å². The van der Waals surface area contributed by atoms with Gasteiger partial charge in [0, 0.05) is 17.8 Å². The van der Waals surface area contributed by atoms with Gasteiger partial charge in [-0.25, -0.2) is 0 Å². The van der Waals surface area contributed by atoms with E-state index >= 15 is 0 Å². The summed E-state index contributed by atoms with van der Waals surface area (Å²) in [5.74, 6) is 1.34. The molecule has 1 aliphatic heterocycles. The van der Waals surface area contributed by atoms with Crippen molar-refractivity contribution in [3.8, 4) is 0 Å². The highest BCUT2D eigenvalue weighted by Gasteiger charge is 2.28. The zero-order valence-corrected chi connectivity index (χ0v) is 11.8. The number of nitrogens with one attached hydrogen (secondary N) is 1. The Bertz CT molecular complexity index is 338. The van der Waals surface area contributed by atoms with E-state index in [2.05, 4.69) is 55.2 Å². The van der Waals surface area contributed by atoms with Crippen molar-refractivity contribution in [1.82, 2.24) is 5.32 Å². The number of aryl methyl sites for hydroxylation is 1. The van der Waals surface area contributed by atoms with Crippen LogP contribution in [-0.4, -0.2) is 17.0 Å². The monoisotopic (exact) mass is 249 g/mol. The maximum atomic E-state index is 3.60. The molecule has 2 rings (SSSR count). The fourth-order valence-electron chi connectivity index (χ4n) is 2.34. The average molecular weight is 249 g/mol. The highest BCUT2D eigenvalue weighted by molar-refractivity contribution is 8.00. The molecule has 0 bridgehead atoms. The lowest BCUT2D eigenvalue weighted by Gasteiger charge is -2.23. The molecule has 0 saturated carbocycles. The molecule has 1 heterocycles. The Kier molecular flexibility index (Phi) is 4.52. The Balaban J connectivity index is 1.77. The number of rotatable bonds is 5. The van der Waals surface area contributed by atoms with Crippen LogP contribution in [0, 0.1) is 0 Å². The van der Waals surface area contributed by atoms with Crippen LogP contribution in [0.3, 0.4) is 0 Å². The second-order valence-corrected chi connectivity index (χ2v) is 6.86. The van der Waals surface area contributed by atoms with E-state index in [1.54, 1.807) is 0 Å². The third kappa shape index (κ3) is 3.75. The first-order valence-corrected chi connectivity index (χ1v) is 7.63. The van der Waals surface area contributed by atoms with Gasteiger partial charge in [0.1, 0.15) is 0 Å². The van der Waals surface area contributed by atoms with Crippen molar-refractivity contribution in [3.05, 3.63) is 35.4 Å². The van der Waals surface area contributed by atoms with E-state index < -0.39 is 0 Å². The molecular formula is C15H23NS. The van der Waals surface area contributed by atoms with Gasteiger partial charge in [-0.05, 0) is 43.1 Å². The second kappa shape index (κ2) is 5.92. The highest BCUT2D eigenvalue weighted by Crippen LogP contribution is 2.36. The first kappa shape index (κ1) is 13.0. The zero-order chi connectivity index (χ0) is 12.1. The molecule has 1 saturated heterocycles. The van der Waals surface area contributed by atoms with Gasteiger partial charge in [0.25, 0.3) is 0 Å². The molecular weight excluding hydrogens is 226 g/mol. The quantitative estimate of drug-likeness (QED) is 0.855. The Morgan fingerprint density at radius 1 is 1.24 bits per heavy atom. The van der Waals surface area contributed by atoms with Crippen molar-refractivity contribution >= 4 is 11.8 Å². The third-order valence-corrected chi connectivity index (χ3v) is 5.10. The van der Waals surface area contributed by atoms with Gasteiger partial charge in [-0.2, -0.15) is 11.8 Å². The largest absolute Gasteiger partial charge is 0.311 e. The molecule has 1 atom stereocenters. The maximum absolute atomic E-state index is 3.60. The van der Waals surface area contributed by atoms with Crippen molar-refractivity contribution in [2.75, 3.05) is 12.3 Å². The van der Waals surface area contributed by atoms with Gasteiger partial charge >= 0.3 is 0 Å². The summed E-state index contributed by atoms with van der Waals surface area (Å²) in [4.78, 5) is 0. The number of hydrogen-bond donors (Lipinski definition) is 1. The van der Waals surface area contributed by atoms with E-state index in [0.29, 0.717) is 4.75 Å². The van der Waals surface area contributed by atoms with Crippen LogP contribution in [-0.2, 0) is 13.0 Å². The van der Waals surface area contributed by atoms with Crippen molar-refractivity contribution in [2.24, 2.45) is 0 Å². The van der Waals surface area contributed by atoms with E-state index in [1.807, 2.05) is 0 Å². The first-order chi connectivity index (χ1) is 8.22. The molecule has 0 amide bonds. The fraction of sp³-hybridized carbons (Fsp3) is 0.600. The smallest absolute Gasteiger partial charge is 0.0256 e. The lowest BCUT2D eigenvalue weighted by atomic mass is 10.1. The predicted octanol–water partition coefficient (Wildman–Crippen LogP) is 3.62. The van der Waals surface area contributed by atoms with Gasteiger partial charge in [-0.15, -0.1) is 0 Å². The number of thioether (sulfide) groups is 1. The van der Waals surface area contributed by atoms with Gasteiger partial charge in [0.05, 0.1) is 0 Å². The molecule has 1 unspecified atom stereocenters. The third-order valence-electron chi connectivity index (χ3n) is 3.56. The predicted molar refractivity (Wildman–Crippen MR) is 77.6 cm³/mol. The minimum atomic E-state index is 0.476. The topological polar surface area (TPSA) is 12.0 Å². The molecule has 0 aliphatic carbocycles. The molecule has 94 valence electrons. The summed E-state index contributed by atoms with van der Waals surface area (Å²) in [6.45, 7) is 6.72. The summed E-state index contributed by atoms with van der Waals surface area (Å²) in [7, 11) is 0. The van der Waals surface area contributed by atoms with Crippen molar-refractivity contribution < 1.29 is 0 Å². The Labute approximate surface area is 109 Å². The van der Waals surface area contributed by atoms with Crippen LogP contribution in [0.2, 0.25) is 0 Å². The van der Waals surface area contributed by atoms with Crippen molar-refractivity contribution in [2.45, 2.75) is 44.4 Å². The second-order valence-electron chi connectivity index (χ2n) is 5.18.